The summed E-state index contributed by atoms with van der Waals surface area (Å²) in [5, 5.41) is 18.8. The predicted octanol–water partition coefficient (Wildman–Crippen LogP) is 3.26. The summed E-state index contributed by atoms with van der Waals surface area (Å²) in [7, 11) is 0. The normalized spacial score (nSPS) is 14.1. The zero-order chi connectivity index (χ0) is 20.7. The molecule has 0 saturated carbocycles. The number of pyridine rings is 2. The summed E-state index contributed by atoms with van der Waals surface area (Å²) >= 11 is 0. The van der Waals surface area contributed by atoms with Crippen molar-refractivity contribution in [2.75, 3.05) is 36.0 Å². The van der Waals surface area contributed by atoms with E-state index in [9.17, 15) is 5.26 Å². The molecular weight excluding hydrogens is 374 g/mol. The van der Waals surface area contributed by atoms with Crippen LogP contribution in [0, 0.1) is 29.6 Å². The average Bonchev–Trinajstić information content (AvgIpc) is 3.18. The van der Waals surface area contributed by atoms with Crippen molar-refractivity contribution in [1.82, 2.24) is 14.4 Å². The average molecular weight is 393 g/mol. The number of hydrogen-bond acceptors (Lipinski definition) is 6. The highest BCUT2D eigenvalue weighted by molar-refractivity contribution is 5.85. The number of imidazole rings is 1. The molecule has 0 amide bonds. The number of rotatable bonds is 2. The summed E-state index contributed by atoms with van der Waals surface area (Å²) in [6.07, 6.45) is 1.69. The minimum atomic E-state index is 0.617. The van der Waals surface area contributed by atoms with Gasteiger partial charge in [-0.3, -0.25) is 4.40 Å². The fourth-order valence-corrected chi connectivity index (χ4v) is 4.13. The maximum atomic E-state index is 9.69. The third-order valence-corrected chi connectivity index (χ3v) is 5.67. The van der Waals surface area contributed by atoms with Crippen LogP contribution in [0.25, 0.3) is 16.7 Å². The van der Waals surface area contributed by atoms with Crippen LogP contribution >= 0.6 is 0 Å². The van der Waals surface area contributed by atoms with Gasteiger partial charge in [-0.1, -0.05) is 12.1 Å². The van der Waals surface area contributed by atoms with Gasteiger partial charge in [0.25, 0.3) is 0 Å². The zero-order valence-corrected chi connectivity index (χ0v) is 16.6. The number of aromatic nitrogens is 3. The second-order valence-corrected chi connectivity index (χ2v) is 7.42. The van der Waals surface area contributed by atoms with Crippen LogP contribution in [-0.4, -0.2) is 40.5 Å². The van der Waals surface area contributed by atoms with E-state index < -0.39 is 0 Å². The molecule has 0 spiro atoms. The monoisotopic (exact) mass is 393 g/mol. The van der Waals surface area contributed by atoms with E-state index >= 15 is 0 Å². The molecule has 30 heavy (non-hydrogen) atoms. The summed E-state index contributed by atoms with van der Waals surface area (Å²) in [6.45, 7) is 5.19. The first-order chi connectivity index (χ1) is 14.7. The van der Waals surface area contributed by atoms with E-state index in [1.54, 1.807) is 12.3 Å². The Kier molecular flexibility index (Phi) is 4.22. The molecule has 0 unspecified atom stereocenters. The van der Waals surface area contributed by atoms with Crippen molar-refractivity contribution in [2.24, 2.45) is 0 Å². The second-order valence-electron chi connectivity index (χ2n) is 7.42. The van der Waals surface area contributed by atoms with Gasteiger partial charge in [-0.2, -0.15) is 10.5 Å². The molecule has 1 aliphatic heterocycles. The van der Waals surface area contributed by atoms with E-state index in [1.165, 1.54) is 0 Å². The molecule has 7 nitrogen and oxygen atoms in total. The molecule has 146 valence electrons. The second kappa shape index (κ2) is 7.06. The van der Waals surface area contributed by atoms with Crippen LogP contribution in [0.5, 0.6) is 0 Å². The third kappa shape index (κ3) is 2.80. The van der Waals surface area contributed by atoms with Gasteiger partial charge in [0.15, 0.2) is 5.65 Å². The SMILES string of the molecule is Cc1cc(N2CCN(c3cc(C#N)ccn3)CC2)n2c(nc3ccccc32)c1C#N. The number of hydrogen-bond donors (Lipinski definition) is 0. The van der Waals surface area contributed by atoms with Gasteiger partial charge in [0.05, 0.1) is 28.2 Å². The number of piperazine rings is 1. The van der Waals surface area contributed by atoms with Gasteiger partial charge in [-0.25, -0.2) is 9.97 Å². The molecule has 1 saturated heterocycles. The van der Waals surface area contributed by atoms with Crippen molar-refractivity contribution in [3.63, 3.8) is 0 Å². The molecule has 4 heterocycles. The van der Waals surface area contributed by atoms with Crippen LogP contribution in [0.15, 0.2) is 48.7 Å². The highest BCUT2D eigenvalue weighted by Gasteiger charge is 2.23. The summed E-state index contributed by atoms with van der Waals surface area (Å²) < 4.78 is 2.10. The van der Waals surface area contributed by atoms with Crippen LogP contribution in [0.3, 0.4) is 0 Å². The first-order valence-electron chi connectivity index (χ1n) is 9.86. The van der Waals surface area contributed by atoms with Crippen LogP contribution in [0.1, 0.15) is 16.7 Å². The molecule has 7 heteroatoms. The fourth-order valence-electron chi connectivity index (χ4n) is 4.13. The van der Waals surface area contributed by atoms with E-state index in [-0.39, 0.29) is 0 Å². The molecule has 1 aliphatic rings. The lowest BCUT2D eigenvalue weighted by Gasteiger charge is -2.37. The van der Waals surface area contributed by atoms with Crippen LogP contribution in [-0.2, 0) is 0 Å². The maximum absolute atomic E-state index is 9.69. The Labute approximate surface area is 174 Å². The van der Waals surface area contributed by atoms with Gasteiger partial charge < -0.3 is 9.80 Å². The van der Waals surface area contributed by atoms with Gasteiger partial charge in [-0.05, 0) is 42.8 Å². The summed E-state index contributed by atoms with van der Waals surface area (Å²) in [4.78, 5) is 13.7. The molecule has 0 radical (unpaired) electrons. The lowest BCUT2D eigenvalue weighted by molar-refractivity contribution is 0.640. The Bertz CT molecular complexity index is 1350. The Morgan fingerprint density at radius 2 is 1.70 bits per heavy atom. The standard InChI is InChI=1S/C23H19N7/c1-16-12-22(30-20-5-3-2-4-19(20)27-23(30)18(16)15-25)29-10-8-28(9-11-29)21-13-17(14-24)6-7-26-21/h2-7,12-13H,8-11H2,1H3. The molecule has 0 atom stereocenters. The van der Waals surface area contributed by atoms with Crippen molar-refractivity contribution < 1.29 is 0 Å². The van der Waals surface area contributed by atoms with Gasteiger partial charge in [-0.15, -0.1) is 0 Å². The summed E-state index contributed by atoms with van der Waals surface area (Å²) in [5.41, 5.74) is 4.77. The number of aryl methyl sites for hydroxylation is 1. The highest BCUT2D eigenvalue weighted by atomic mass is 15.3. The number of nitriles is 2. The van der Waals surface area contributed by atoms with Crippen molar-refractivity contribution in [2.45, 2.75) is 6.92 Å². The highest BCUT2D eigenvalue weighted by Crippen LogP contribution is 2.29. The van der Waals surface area contributed by atoms with E-state index in [1.807, 2.05) is 37.3 Å². The quantitative estimate of drug-likeness (QED) is 0.520. The number of nitrogens with zero attached hydrogens (tertiary/aromatic N) is 7. The van der Waals surface area contributed by atoms with Crippen LogP contribution in [0.2, 0.25) is 0 Å². The number of para-hydroxylation sites is 2. The van der Waals surface area contributed by atoms with Gasteiger partial charge in [0.1, 0.15) is 17.7 Å². The van der Waals surface area contributed by atoms with Gasteiger partial charge >= 0.3 is 0 Å². The van der Waals surface area contributed by atoms with Crippen LogP contribution < -0.4 is 9.80 Å². The van der Waals surface area contributed by atoms with E-state index in [0.29, 0.717) is 16.8 Å². The zero-order valence-electron chi connectivity index (χ0n) is 16.6. The molecule has 3 aromatic heterocycles. The van der Waals surface area contributed by atoms with E-state index in [0.717, 1.165) is 54.4 Å². The van der Waals surface area contributed by atoms with Gasteiger partial charge in [0.2, 0.25) is 0 Å². The molecule has 0 N–H and O–H groups in total. The van der Waals surface area contributed by atoms with Gasteiger partial charge in [0, 0.05) is 32.4 Å². The Hall–Kier alpha value is -4.10. The lowest BCUT2D eigenvalue weighted by Crippen LogP contribution is -2.47. The third-order valence-electron chi connectivity index (χ3n) is 5.67. The minimum Gasteiger partial charge on any atom is -0.354 e. The number of anilines is 2. The number of benzene rings is 1. The van der Waals surface area contributed by atoms with Crippen molar-refractivity contribution in [3.05, 3.63) is 65.4 Å². The lowest BCUT2D eigenvalue weighted by atomic mass is 10.1. The molecule has 1 fully saturated rings. The Morgan fingerprint density at radius 1 is 0.933 bits per heavy atom. The Balaban J connectivity index is 1.53. The maximum Gasteiger partial charge on any atom is 0.157 e. The molecule has 5 rings (SSSR count). The minimum absolute atomic E-state index is 0.617. The first kappa shape index (κ1) is 18.0. The molecule has 0 aliphatic carbocycles. The Morgan fingerprint density at radius 3 is 2.47 bits per heavy atom. The molecule has 0 bridgehead atoms. The fraction of sp³-hybridized carbons (Fsp3) is 0.217. The summed E-state index contributed by atoms with van der Waals surface area (Å²) in [5.74, 6) is 1.89. The molecule has 1 aromatic carbocycles. The topological polar surface area (TPSA) is 84.2 Å². The summed E-state index contributed by atoms with van der Waals surface area (Å²) in [6, 6.07) is 18.1. The van der Waals surface area contributed by atoms with Crippen molar-refractivity contribution in [1.29, 1.82) is 10.5 Å². The predicted molar refractivity (Wildman–Crippen MR) is 116 cm³/mol. The van der Waals surface area contributed by atoms with Crippen LogP contribution in [0.4, 0.5) is 11.6 Å². The smallest absolute Gasteiger partial charge is 0.157 e. The van der Waals surface area contributed by atoms with E-state index in [2.05, 4.69) is 37.4 Å². The van der Waals surface area contributed by atoms with Crippen molar-refractivity contribution in [3.8, 4) is 12.1 Å². The van der Waals surface area contributed by atoms with Crippen molar-refractivity contribution >= 4 is 28.3 Å². The molecule has 4 aromatic rings. The van der Waals surface area contributed by atoms with E-state index in [4.69, 9.17) is 10.2 Å². The first-order valence-corrected chi connectivity index (χ1v) is 9.86. The number of fused-ring (bicyclic) bond motifs is 3. The molecular formula is C23H19N7. The largest absolute Gasteiger partial charge is 0.354 e.